The Labute approximate surface area is 202 Å². The molecule has 0 bridgehead atoms. The number of allylic oxidation sites excluding steroid dienone is 1. The molecule has 4 amide bonds. The van der Waals surface area contributed by atoms with Crippen molar-refractivity contribution >= 4 is 35.3 Å². The number of carbonyl (C=O) groups is 3. The van der Waals surface area contributed by atoms with Crippen molar-refractivity contribution in [2.24, 2.45) is 0 Å². The molecule has 182 valence electrons. The van der Waals surface area contributed by atoms with Crippen molar-refractivity contribution < 1.29 is 28.8 Å². The molecule has 2 aromatic carbocycles. The smallest absolute Gasteiger partial charge is 0.335 e. The summed E-state index contributed by atoms with van der Waals surface area (Å²) in [6, 6.07) is 7.32. The fourth-order valence-electron chi connectivity index (χ4n) is 3.49. The van der Waals surface area contributed by atoms with E-state index in [2.05, 4.69) is 11.9 Å². The first-order valence-electron chi connectivity index (χ1n) is 11.0. The van der Waals surface area contributed by atoms with E-state index in [1.165, 1.54) is 30.3 Å². The molecule has 1 fully saturated rings. The van der Waals surface area contributed by atoms with E-state index in [0.717, 1.165) is 16.9 Å². The SMILES string of the molecule is C=CCc1cc(/C=C2\C(=O)NC(=O)N(c3ccc([N+](=O)[O-])cc3)C2=O)cc(OCC)c1OCCC. The van der Waals surface area contributed by atoms with Gasteiger partial charge in [0.15, 0.2) is 11.5 Å². The van der Waals surface area contributed by atoms with Gasteiger partial charge in [-0.15, -0.1) is 6.58 Å². The number of ether oxygens (including phenoxy) is 2. The molecule has 10 nitrogen and oxygen atoms in total. The number of carbonyl (C=O) groups excluding carboxylic acids is 3. The monoisotopic (exact) mass is 479 g/mol. The van der Waals surface area contributed by atoms with E-state index < -0.39 is 22.8 Å². The van der Waals surface area contributed by atoms with E-state index in [0.29, 0.717) is 36.7 Å². The van der Waals surface area contributed by atoms with Crippen molar-refractivity contribution in [3.63, 3.8) is 0 Å². The van der Waals surface area contributed by atoms with Gasteiger partial charge in [-0.25, -0.2) is 9.69 Å². The van der Waals surface area contributed by atoms with Gasteiger partial charge in [-0.1, -0.05) is 13.0 Å². The molecule has 3 rings (SSSR count). The molecule has 0 spiro atoms. The number of rotatable bonds is 10. The Kier molecular flexibility index (Phi) is 7.98. The first kappa shape index (κ1) is 25.2. The summed E-state index contributed by atoms with van der Waals surface area (Å²) in [4.78, 5) is 49.2. The Morgan fingerprint density at radius 1 is 1.11 bits per heavy atom. The number of nitro groups is 1. The molecule has 1 heterocycles. The van der Waals surface area contributed by atoms with Crippen LogP contribution in [0.1, 0.15) is 31.4 Å². The third kappa shape index (κ3) is 5.55. The van der Waals surface area contributed by atoms with E-state index in [9.17, 15) is 24.5 Å². The zero-order chi connectivity index (χ0) is 25.5. The molecule has 0 aromatic heterocycles. The predicted molar refractivity (Wildman–Crippen MR) is 129 cm³/mol. The second kappa shape index (κ2) is 11.1. The molecule has 2 aromatic rings. The Hall–Kier alpha value is -4.47. The van der Waals surface area contributed by atoms with Crippen LogP contribution in [0.3, 0.4) is 0 Å². The Bertz CT molecular complexity index is 1200. The zero-order valence-electron chi connectivity index (χ0n) is 19.4. The quantitative estimate of drug-likeness (QED) is 0.178. The van der Waals surface area contributed by atoms with E-state index in [1.807, 2.05) is 13.8 Å². The Morgan fingerprint density at radius 2 is 1.83 bits per heavy atom. The van der Waals surface area contributed by atoms with Gasteiger partial charge < -0.3 is 9.47 Å². The molecule has 0 saturated carbocycles. The van der Waals surface area contributed by atoms with E-state index in [1.54, 1.807) is 18.2 Å². The van der Waals surface area contributed by atoms with Crippen LogP contribution in [0.2, 0.25) is 0 Å². The van der Waals surface area contributed by atoms with Gasteiger partial charge >= 0.3 is 6.03 Å². The lowest BCUT2D eigenvalue weighted by atomic mass is 10.0. The van der Waals surface area contributed by atoms with Crippen LogP contribution < -0.4 is 19.7 Å². The number of hydrogen-bond acceptors (Lipinski definition) is 7. The lowest BCUT2D eigenvalue weighted by Gasteiger charge is -2.26. The van der Waals surface area contributed by atoms with Crippen molar-refractivity contribution in [1.82, 2.24) is 5.32 Å². The number of nitrogens with zero attached hydrogens (tertiary/aromatic N) is 2. The average molecular weight is 479 g/mol. The highest BCUT2D eigenvalue weighted by molar-refractivity contribution is 6.39. The van der Waals surface area contributed by atoms with Crippen molar-refractivity contribution in [3.05, 3.63) is 75.9 Å². The number of urea groups is 1. The van der Waals surface area contributed by atoms with Crippen LogP contribution in [0.5, 0.6) is 11.5 Å². The number of hydrogen-bond donors (Lipinski definition) is 1. The molecule has 0 aliphatic carbocycles. The first-order chi connectivity index (χ1) is 16.8. The summed E-state index contributed by atoms with van der Waals surface area (Å²) in [6.07, 6.45) is 4.32. The van der Waals surface area contributed by atoms with Crippen LogP contribution >= 0.6 is 0 Å². The van der Waals surface area contributed by atoms with E-state index >= 15 is 0 Å². The Balaban J connectivity index is 2.05. The summed E-state index contributed by atoms with van der Waals surface area (Å²) in [5.41, 5.74) is 0.859. The molecule has 1 N–H and O–H groups in total. The standard InChI is InChI=1S/C25H25N3O7/c1-4-7-17-13-16(15-21(34-6-3)22(17)35-12-5-2)14-20-23(29)26-25(31)27(24(20)30)18-8-10-19(11-9-18)28(32)33/h4,8-11,13-15H,1,5-7,12H2,2-3H3,(H,26,29,31)/b20-14+. The van der Waals surface area contributed by atoms with Crippen LogP contribution in [0.25, 0.3) is 6.08 Å². The van der Waals surface area contributed by atoms with Gasteiger partial charge in [0.05, 0.1) is 23.8 Å². The van der Waals surface area contributed by atoms with Crippen molar-refractivity contribution in [2.75, 3.05) is 18.1 Å². The van der Waals surface area contributed by atoms with E-state index in [-0.39, 0.29) is 16.9 Å². The molecule has 1 saturated heterocycles. The number of anilines is 1. The molecular formula is C25H25N3O7. The topological polar surface area (TPSA) is 128 Å². The fourth-order valence-corrected chi connectivity index (χ4v) is 3.49. The number of amides is 4. The highest BCUT2D eigenvalue weighted by Gasteiger charge is 2.37. The lowest BCUT2D eigenvalue weighted by molar-refractivity contribution is -0.384. The summed E-state index contributed by atoms with van der Waals surface area (Å²) in [6.45, 7) is 8.44. The van der Waals surface area contributed by atoms with Crippen LogP contribution in [0.15, 0.2) is 54.6 Å². The summed E-state index contributed by atoms with van der Waals surface area (Å²) < 4.78 is 11.6. The molecule has 0 radical (unpaired) electrons. The Morgan fingerprint density at radius 3 is 2.43 bits per heavy atom. The maximum absolute atomic E-state index is 13.2. The van der Waals surface area contributed by atoms with Gasteiger partial charge in [-0.3, -0.25) is 25.0 Å². The number of non-ortho nitro benzene ring substituents is 1. The number of nitro benzene ring substituents is 1. The summed E-state index contributed by atoms with van der Waals surface area (Å²) in [5, 5.41) is 13.1. The lowest BCUT2D eigenvalue weighted by Crippen LogP contribution is -2.54. The minimum atomic E-state index is -0.948. The fraction of sp³-hybridized carbons (Fsp3) is 0.240. The average Bonchev–Trinajstić information content (AvgIpc) is 2.82. The second-order valence-corrected chi connectivity index (χ2v) is 7.51. The summed E-state index contributed by atoms with van der Waals surface area (Å²) in [5.74, 6) is -0.688. The van der Waals surface area contributed by atoms with E-state index in [4.69, 9.17) is 9.47 Å². The van der Waals surface area contributed by atoms with Gasteiger partial charge in [0, 0.05) is 17.7 Å². The number of nitrogens with one attached hydrogen (secondary N) is 1. The van der Waals surface area contributed by atoms with Gasteiger partial charge in [0.2, 0.25) is 0 Å². The van der Waals surface area contributed by atoms with Crippen molar-refractivity contribution in [2.45, 2.75) is 26.7 Å². The van der Waals surface area contributed by atoms with Gasteiger partial charge in [-0.2, -0.15) is 0 Å². The normalized spacial score (nSPS) is 14.6. The number of imide groups is 2. The third-order valence-corrected chi connectivity index (χ3v) is 5.00. The molecule has 35 heavy (non-hydrogen) atoms. The molecule has 10 heteroatoms. The highest BCUT2D eigenvalue weighted by atomic mass is 16.6. The highest BCUT2D eigenvalue weighted by Crippen LogP contribution is 2.35. The molecule has 0 atom stereocenters. The second-order valence-electron chi connectivity index (χ2n) is 7.51. The summed E-state index contributed by atoms with van der Waals surface area (Å²) >= 11 is 0. The summed E-state index contributed by atoms with van der Waals surface area (Å²) in [7, 11) is 0. The third-order valence-electron chi connectivity index (χ3n) is 5.00. The largest absolute Gasteiger partial charge is 0.490 e. The van der Waals surface area contributed by atoms with Crippen LogP contribution in [0.4, 0.5) is 16.2 Å². The van der Waals surface area contributed by atoms with Crippen LogP contribution in [-0.4, -0.2) is 36.0 Å². The molecule has 1 aliphatic rings. The first-order valence-corrected chi connectivity index (χ1v) is 11.0. The van der Waals surface area contributed by atoms with Gasteiger partial charge in [-0.05, 0) is 55.7 Å². The van der Waals surface area contributed by atoms with Crippen molar-refractivity contribution in [1.29, 1.82) is 0 Å². The maximum Gasteiger partial charge on any atom is 0.335 e. The van der Waals surface area contributed by atoms with Crippen LogP contribution in [0, 0.1) is 10.1 Å². The van der Waals surface area contributed by atoms with Gasteiger partial charge in [0.25, 0.3) is 17.5 Å². The van der Waals surface area contributed by atoms with Crippen molar-refractivity contribution in [3.8, 4) is 11.5 Å². The predicted octanol–water partition coefficient (Wildman–Crippen LogP) is 4.18. The van der Waals surface area contributed by atoms with Crippen LogP contribution in [-0.2, 0) is 16.0 Å². The number of barbiturate groups is 1. The maximum atomic E-state index is 13.2. The minimum Gasteiger partial charge on any atom is -0.490 e. The minimum absolute atomic E-state index is 0.0853. The zero-order valence-corrected chi connectivity index (χ0v) is 19.4. The molecule has 0 unspecified atom stereocenters. The van der Waals surface area contributed by atoms with Gasteiger partial charge in [0.1, 0.15) is 5.57 Å². The number of benzene rings is 2. The molecular weight excluding hydrogens is 454 g/mol. The molecule has 1 aliphatic heterocycles.